The van der Waals surface area contributed by atoms with Crippen LogP contribution in [-0.2, 0) is 4.79 Å². The number of halogens is 1. The van der Waals surface area contributed by atoms with Gasteiger partial charge in [0.2, 0.25) is 0 Å². The monoisotopic (exact) mass is 272 g/mol. The Morgan fingerprint density at radius 1 is 1.50 bits per heavy atom. The van der Waals surface area contributed by atoms with Crippen LogP contribution in [-0.4, -0.2) is 15.3 Å². The van der Waals surface area contributed by atoms with E-state index in [0.717, 1.165) is 18.6 Å². The number of carbonyl (C=O) groups excluding carboxylic acids is 1. The molecule has 0 heterocycles. The molecule has 0 aromatic heterocycles. The van der Waals surface area contributed by atoms with E-state index in [4.69, 9.17) is 0 Å². The van der Waals surface area contributed by atoms with Crippen LogP contribution in [0.1, 0.15) is 26.2 Å². The van der Waals surface area contributed by atoms with Crippen LogP contribution in [0.3, 0.4) is 0 Å². The van der Waals surface area contributed by atoms with Gasteiger partial charge >= 0.3 is 0 Å². The van der Waals surface area contributed by atoms with Gasteiger partial charge in [0.15, 0.2) is 5.12 Å². The Morgan fingerprint density at radius 3 is 2.70 bits per heavy atom. The van der Waals surface area contributed by atoms with Crippen LogP contribution < -0.4 is 0 Å². The van der Waals surface area contributed by atoms with Gasteiger partial charge in [0, 0.05) is 6.42 Å². The van der Waals surface area contributed by atoms with Crippen LogP contribution in [0.15, 0.2) is 0 Å². The van der Waals surface area contributed by atoms with E-state index in [1.54, 1.807) is 0 Å². The minimum absolute atomic E-state index is 0.354. The smallest absolute Gasteiger partial charge is 0.188 e. The molecule has 0 bridgehead atoms. The lowest BCUT2D eigenvalue weighted by Crippen LogP contribution is -1.91. The molecule has 0 aliphatic rings. The summed E-state index contributed by atoms with van der Waals surface area (Å²) in [5, 5.41) is 0.354. The van der Waals surface area contributed by atoms with E-state index in [2.05, 4.69) is 22.6 Å². The van der Waals surface area contributed by atoms with Crippen LogP contribution in [0.2, 0.25) is 0 Å². The highest BCUT2D eigenvalue weighted by Crippen LogP contribution is 2.08. The number of thioether (sulfide) groups is 1. The first-order valence-corrected chi connectivity index (χ1v) is 6.04. The molecule has 0 rings (SSSR count). The molecule has 10 heavy (non-hydrogen) atoms. The average molecular weight is 272 g/mol. The van der Waals surface area contributed by atoms with Crippen LogP contribution in [0.5, 0.6) is 0 Å². The number of rotatable bonds is 5. The Balaban J connectivity index is 3.05. The predicted molar refractivity (Wildman–Crippen MR) is 55.9 cm³/mol. The Labute approximate surface area is 80.5 Å². The summed E-state index contributed by atoms with van der Waals surface area (Å²) in [6.45, 7) is 2.01. The van der Waals surface area contributed by atoms with Gasteiger partial charge < -0.3 is 0 Å². The first-order valence-electron chi connectivity index (χ1n) is 3.52. The third kappa shape index (κ3) is 6.86. The normalized spacial score (nSPS) is 9.80. The second kappa shape index (κ2) is 7.85. The molecule has 1 nitrogen and oxygen atoms in total. The molecule has 0 spiro atoms. The lowest BCUT2D eigenvalue weighted by molar-refractivity contribution is -0.111. The first kappa shape index (κ1) is 10.8. The standard InChI is InChI=1S/C7H13IOS/c1-2-10-7(9)5-3-4-6-8/h2-6H2,1H3. The van der Waals surface area contributed by atoms with Crippen molar-refractivity contribution < 1.29 is 4.79 Å². The Bertz CT molecular complexity index is 95.6. The van der Waals surface area contributed by atoms with Gasteiger partial charge in [-0.1, -0.05) is 41.3 Å². The molecule has 0 aromatic rings. The third-order valence-electron chi connectivity index (χ3n) is 1.07. The van der Waals surface area contributed by atoms with E-state index >= 15 is 0 Å². The van der Waals surface area contributed by atoms with Gasteiger partial charge in [-0.3, -0.25) is 4.79 Å². The minimum Gasteiger partial charge on any atom is -0.287 e. The molecular formula is C7H13IOS. The highest BCUT2D eigenvalue weighted by Gasteiger charge is 1.98. The fourth-order valence-corrected chi connectivity index (χ4v) is 1.75. The Kier molecular flexibility index (Phi) is 8.44. The van der Waals surface area contributed by atoms with Gasteiger partial charge in [-0.15, -0.1) is 0 Å². The maximum atomic E-state index is 10.9. The summed E-state index contributed by atoms with van der Waals surface area (Å²) < 4.78 is 1.17. The summed E-state index contributed by atoms with van der Waals surface area (Å²) in [5.74, 6) is 0.920. The second-order valence-electron chi connectivity index (χ2n) is 1.95. The molecule has 0 aliphatic heterocycles. The molecule has 0 saturated heterocycles. The van der Waals surface area contributed by atoms with Crippen LogP contribution in [0.25, 0.3) is 0 Å². The zero-order chi connectivity index (χ0) is 7.82. The van der Waals surface area contributed by atoms with Gasteiger partial charge in [0.25, 0.3) is 0 Å². The largest absolute Gasteiger partial charge is 0.287 e. The fraction of sp³-hybridized carbons (Fsp3) is 0.857. The lowest BCUT2D eigenvalue weighted by atomic mass is 10.3. The van der Waals surface area contributed by atoms with E-state index in [9.17, 15) is 4.79 Å². The van der Waals surface area contributed by atoms with Gasteiger partial charge in [0.1, 0.15) is 0 Å². The average Bonchev–Trinajstić information content (AvgIpc) is 1.89. The van der Waals surface area contributed by atoms with E-state index in [0.29, 0.717) is 5.12 Å². The zero-order valence-electron chi connectivity index (χ0n) is 6.23. The Hall–Kier alpha value is 0.750. The fourth-order valence-electron chi connectivity index (χ4n) is 0.597. The summed E-state index contributed by atoms with van der Waals surface area (Å²) in [7, 11) is 0. The quantitative estimate of drug-likeness (QED) is 0.435. The molecule has 0 aliphatic carbocycles. The number of hydrogen-bond donors (Lipinski definition) is 0. The van der Waals surface area contributed by atoms with E-state index in [1.807, 2.05) is 6.92 Å². The molecule has 3 heteroatoms. The molecule has 0 radical (unpaired) electrons. The summed E-state index contributed by atoms with van der Waals surface area (Å²) in [6, 6.07) is 0. The van der Waals surface area contributed by atoms with Crippen molar-refractivity contribution in [3.05, 3.63) is 0 Å². The van der Waals surface area contributed by atoms with Crippen molar-refractivity contribution in [2.75, 3.05) is 10.2 Å². The molecule has 0 unspecified atom stereocenters. The van der Waals surface area contributed by atoms with Crippen molar-refractivity contribution in [1.82, 2.24) is 0 Å². The zero-order valence-corrected chi connectivity index (χ0v) is 9.20. The van der Waals surface area contributed by atoms with E-state index in [-0.39, 0.29) is 0 Å². The molecule has 0 aromatic carbocycles. The maximum absolute atomic E-state index is 10.9. The SMILES string of the molecule is CCSC(=O)CCCCI. The molecule has 0 N–H and O–H groups in total. The van der Waals surface area contributed by atoms with Crippen molar-refractivity contribution in [2.45, 2.75) is 26.2 Å². The van der Waals surface area contributed by atoms with Gasteiger partial charge in [-0.05, 0) is 23.0 Å². The summed E-state index contributed by atoms with van der Waals surface area (Å²) in [6.07, 6.45) is 3.01. The van der Waals surface area contributed by atoms with Crippen molar-refractivity contribution in [1.29, 1.82) is 0 Å². The van der Waals surface area contributed by atoms with Crippen molar-refractivity contribution in [3.63, 3.8) is 0 Å². The maximum Gasteiger partial charge on any atom is 0.188 e. The summed E-state index contributed by atoms with van der Waals surface area (Å²) in [5.41, 5.74) is 0. The summed E-state index contributed by atoms with van der Waals surface area (Å²) in [4.78, 5) is 10.9. The predicted octanol–water partition coefficient (Wildman–Crippen LogP) is 2.87. The van der Waals surface area contributed by atoms with Crippen molar-refractivity contribution >= 4 is 39.5 Å². The second-order valence-corrected chi connectivity index (χ2v) is 4.35. The van der Waals surface area contributed by atoms with Crippen LogP contribution in [0.4, 0.5) is 0 Å². The van der Waals surface area contributed by atoms with Gasteiger partial charge in [0.05, 0.1) is 0 Å². The first-order chi connectivity index (χ1) is 4.81. The topological polar surface area (TPSA) is 17.1 Å². The number of hydrogen-bond acceptors (Lipinski definition) is 2. The third-order valence-corrected chi connectivity index (χ3v) is 2.65. The molecular weight excluding hydrogens is 259 g/mol. The van der Waals surface area contributed by atoms with Gasteiger partial charge in [-0.25, -0.2) is 0 Å². The minimum atomic E-state index is 0.354. The molecule has 0 atom stereocenters. The summed E-state index contributed by atoms with van der Waals surface area (Å²) >= 11 is 3.78. The Morgan fingerprint density at radius 2 is 2.20 bits per heavy atom. The number of unbranched alkanes of at least 4 members (excludes halogenated alkanes) is 1. The van der Waals surface area contributed by atoms with E-state index < -0.39 is 0 Å². The lowest BCUT2D eigenvalue weighted by Gasteiger charge is -1.95. The highest BCUT2D eigenvalue weighted by atomic mass is 127. The van der Waals surface area contributed by atoms with Crippen molar-refractivity contribution in [3.8, 4) is 0 Å². The van der Waals surface area contributed by atoms with Crippen molar-refractivity contribution in [2.24, 2.45) is 0 Å². The number of carbonyl (C=O) groups is 1. The molecule has 60 valence electrons. The van der Waals surface area contributed by atoms with Crippen LogP contribution in [0, 0.1) is 0 Å². The van der Waals surface area contributed by atoms with Crippen LogP contribution >= 0.6 is 34.4 Å². The highest BCUT2D eigenvalue weighted by molar-refractivity contribution is 14.1. The molecule has 0 saturated carbocycles. The molecule has 0 fully saturated rings. The van der Waals surface area contributed by atoms with E-state index in [1.165, 1.54) is 22.6 Å². The van der Waals surface area contributed by atoms with Gasteiger partial charge in [-0.2, -0.15) is 0 Å². The number of alkyl halides is 1. The molecule has 0 amide bonds.